The summed E-state index contributed by atoms with van der Waals surface area (Å²) in [6.45, 7) is 8.62. The van der Waals surface area contributed by atoms with Gasteiger partial charge in [-0.05, 0) is 63.4 Å². The van der Waals surface area contributed by atoms with Crippen LogP contribution in [0.25, 0.3) is 0 Å². The van der Waals surface area contributed by atoms with Gasteiger partial charge in [0.25, 0.3) is 0 Å². The second-order valence-corrected chi connectivity index (χ2v) is 6.11. The molecule has 0 aliphatic rings. The third kappa shape index (κ3) is 4.65. The summed E-state index contributed by atoms with van der Waals surface area (Å²) in [7, 11) is 1.24. The van der Waals surface area contributed by atoms with Crippen molar-refractivity contribution in [1.82, 2.24) is 5.32 Å². The van der Waals surface area contributed by atoms with Gasteiger partial charge in [0.2, 0.25) is 0 Å². The lowest BCUT2D eigenvalue weighted by Crippen LogP contribution is -2.38. The van der Waals surface area contributed by atoms with Gasteiger partial charge in [0.05, 0.1) is 7.11 Å². The van der Waals surface area contributed by atoms with Gasteiger partial charge in [-0.1, -0.05) is 0 Å². The van der Waals surface area contributed by atoms with Crippen LogP contribution in [0.3, 0.4) is 0 Å². The van der Waals surface area contributed by atoms with Gasteiger partial charge in [0.1, 0.15) is 11.4 Å². The summed E-state index contributed by atoms with van der Waals surface area (Å²) in [5.41, 5.74) is 1.06. The zero-order valence-corrected chi connectivity index (χ0v) is 13.8. The molecular weight excluding hydrogens is 286 g/mol. The maximum atomic E-state index is 12.0. The molecule has 1 rings (SSSR count). The number of amides is 1. The van der Waals surface area contributed by atoms with Gasteiger partial charge in [0, 0.05) is 0 Å². The first kappa shape index (κ1) is 17.8. The van der Waals surface area contributed by atoms with Crippen LogP contribution in [0.1, 0.15) is 43.5 Å². The molecule has 1 amide bonds. The first-order valence-corrected chi connectivity index (χ1v) is 6.92. The second kappa shape index (κ2) is 6.68. The van der Waals surface area contributed by atoms with Crippen molar-refractivity contribution >= 4 is 12.1 Å². The topological polar surface area (TPSA) is 84.9 Å². The summed E-state index contributed by atoms with van der Waals surface area (Å²) in [5, 5.41) is 12.3. The van der Waals surface area contributed by atoms with Crippen molar-refractivity contribution in [2.45, 2.75) is 46.3 Å². The van der Waals surface area contributed by atoms with E-state index >= 15 is 0 Å². The zero-order chi connectivity index (χ0) is 17.1. The molecule has 0 aliphatic heterocycles. The number of nitrogens with one attached hydrogen (secondary N) is 1. The van der Waals surface area contributed by atoms with Gasteiger partial charge in [0.15, 0.2) is 6.04 Å². The van der Waals surface area contributed by atoms with Crippen LogP contribution in [0.15, 0.2) is 12.1 Å². The number of carbonyl (C=O) groups excluding carboxylic acids is 2. The summed E-state index contributed by atoms with van der Waals surface area (Å²) in [6, 6.07) is 2.25. The SMILES string of the molecule is COC(=O)C(NC(=O)OC(C)(C)C)c1cc(C)c(O)c(C)c1. The summed E-state index contributed by atoms with van der Waals surface area (Å²) < 4.78 is 9.90. The fraction of sp³-hybridized carbons (Fsp3) is 0.500. The average Bonchev–Trinajstić information content (AvgIpc) is 2.38. The van der Waals surface area contributed by atoms with Crippen molar-refractivity contribution in [2.75, 3.05) is 7.11 Å². The van der Waals surface area contributed by atoms with Gasteiger partial charge < -0.3 is 19.9 Å². The van der Waals surface area contributed by atoms with Crippen molar-refractivity contribution in [3.05, 3.63) is 28.8 Å². The number of esters is 1. The number of hydrogen-bond donors (Lipinski definition) is 2. The van der Waals surface area contributed by atoms with E-state index in [1.54, 1.807) is 46.8 Å². The third-order valence-electron chi connectivity index (χ3n) is 2.94. The Labute approximate surface area is 130 Å². The first-order chi connectivity index (χ1) is 10.0. The number of carbonyl (C=O) groups is 2. The third-order valence-corrected chi connectivity index (χ3v) is 2.94. The van der Waals surface area contributed by atoms with E-state index in [9.17, 15) is 14.7 Å². The predicted molar refractivity (Wildman–Crippen MR) is 81.7 cm³/mol. The lowest BCUT2D eigenvalue weighted by molar-refractivity contribution is -0.143. The highest BCUT2D eigenvalue weighted by Crippen LogP contribution is 2.27. The molecule has 2 N–H and O–H groups in total. The first-order valence-electron chi connectivity index (χ1n) is 6.92. The maximum absolute atomic E-state index is 12.0. The van der Waals surface area contributed by atoms with E-state index in [1.807, 2.05) is 0 Å². The molecule has 0 aromatic heterocycles. The quantitative estimate of drug-likeness (QED) is 0.839. The molecule has 0 spiro atoms. The van der Waals surface area contributed by atoms with Crippen LogP contribution in [0, 0.1) is 13.8 Å². The molecule has 0 radical (unpaired) electrons. The molecule has 1 aromatic carbocycles. The van der Waals surface area contributed by atoms with Gasteiger partial charge in [-0.15, -0.1) is 0 Å². The maximum Gasteiger partial charge on any atom is 0.408 e. The molecular formula is C16H23NO5. The van der Waals surface area contributed by atoms with E-state index in [0.717, 1.165) is 0 Å². The normalized spacial score (nSPS) is 12.5. The van der Waals surface area contributed by atoms with E-state index in [1.165, 1.54) is 7.11 Å². The van der Waals surface area contributed by atoms with E-state index in [2.05, 4.69) is 5.32 Å². The number of phenolic OH excluding ortho intramolecular Hbond substituents is 1. The Kier molecular flexibility index (Phi) is 5.41. The molecule has 1 aromatic rings. The van der Waals surface area contributed by atoms with Crippen LogP contribution in [-0.4, -0.2) is 29.9 Å². The Hall–Kier alpha value is -2.24. The summed E-state index contributed by atoms with van der Waals surface area (Å²) in [4.78, 5) is 23.9. The molecule has 0 saturated heterocycles. The van der Waals surface area contributed by atoms with E-state index in [-0.39, 0.29) is 5.75 Å². The number of hydrogen-bond acceptors (Lipinski definition) is 5. The monoisotopic (exact) mass is 309 g/mol. The van der Waals surface area contributed by atoms with Gasteiger partial charge in [-0.25, -0.2) is 9.59 Å². The van der Waals surface area contributed by atoms with Crippen LogP contribution in [0.4, 0.5) is 4.79 Å². The number of alkyl carbamates (subject to hydrolysis) is 1. The lowest BCUT2D eigenvalue weighted by atomic mass is 10.0. The molecule has 122 valence electrons. The minimum Gasteiger partial charge on any atom is -0.507 e. The minimum atomic E-state index is -1.00. The smallest absolute Gasteiger partial charge is 0.408 e. The van der Waals surface area contributed by atoms with E-state index in [4.69, 9.17) is 9.47 Å². The van der Waals surface area contributed by atoms with Crippen molar-refractivity contribution in [2.24, 2.45) is 0 Å². The van der Waals surface area contributed by atoms with Crippen LogP contribution >= 0.6 is 0 Å². The number of benzene rings is 1. The standard InChI is InChI=1S/C16H23NO5/c1-9-7-11(8-10(2)13(9)18)12(14(19)21-6)17-15(20)22-16(3,4)5/h7-8,12,18H,1-6H3,(H,17,20). The van der Waals surface area contributed by atoms with Gasteiger partial charge >= 0.3 is 12.1 Å². The highest BCUT2D eigenvalue weighted by molar-refractivity contribution is 5.83. The number of ether oxygens (including phenoxy) is 2. The van der Waals surface area contributed by atoms with E-state index < -0.39 is 23.7 Å². The summed E-state index contributed by atoms with van der Waals surface area (Å²) in [5.74, 6) is -0.458. The minimum absolute atomic E-state index is 0.157. The molecule has 0 heterocycles. The Morgan fingerprint density at radius 3 is 2.09 bits per heavy atom. The Balaban J connectivity index is 3.09. The molecule has 0 fully saturated rings. The second-order valence-electron chi connectivity index (χ2n) is 6.11. The molecule has 0 bridgehead atoms. The molecule has 6 heteroatoms. The number of methoxy groups -OCH3 is 1. The summed E-state index contributed by atoms with van der Waals surface area (Å²) in [6.07, 6.45) is -0.716. The Bertz CT molecular complexity index is 551. The van der Waals surface area contributed by atoms with Crippen molar-refractivity contribution in [1.29, 1.82) is 0 Å². The van der Waals surface area contributed by atoms with Crippen molar-refractivity contribution < 1.29 is 24.2 Å². The molecule has 22 heavy (non-hydrogen) atoms. The fourth-order valence-electron chi connectivity index (χ4n) is 1.98. The van der Waals surface area contributed by atoms with Crippen molar-refractivity contribution in [3.8, 4) is 5.75 Å². The predicted octanol–water partition coefficient (Wildman–Crippen LogP) is 2.75. The van der Waals surface area contributed by atoms with E-state index in [0.29, 0.717) is 16.7 Å². The van der Waals surface area contributed by atoms with Crippen LogP contribution < -0.4 is 5.32 Å². The van der Waals surface area contributed by atoms with Gasteiger partial charge in [-0.2, -0.15) is 0 Å². The molecule has 0 aliphatic carbocycles. The lowest BCUT2D eigenvalue weighted by Gasteiger charge is -2.23. The number of rotatable bonds is 3. The van der Waals surface area contributed by atoms with Crippen LogP contribution in [0.2, 0.25) is 0 Å². The van der Waals surface area contributed by atoms with Crippen molar-refractivity contribution in [3.63, 3.8) is 0 Å². The highest BCUT2D eigenvalue weighted by atomic mass is 16.6. The molecule has 1 unspecified atom stereocenters. The van der Waals surface area contributed by atoms with Crippen LogP contribution in [-0.2, 0) is 14.3 Å². The number of aromatic hydroxyl groups is 1. The fourth-order valence-corrected chi connectivity index (χ4v) is 1.98. The molecule has 0 saturated carbocycles. The number of aryl methyl sites for hydroxylation is 2. The Morgan fingerprint density at radius 1 is 1.18 bits per heavy atom. The summed E-state index contributed by atoms with van der Waals surface area (Å²) >= 11 is 0. The van der Waals surface area contributed by atoms with Gasteiger partial charge in [-0.3, -0.25) is 0 Å². The van der Waals surface area contributed by atoms with Crippen LogP contribution in [0.5, 0.6) is 5.75 Å². The number of phenols is 1. The zero-order valence-electron chi connectivity index (χ0n) is 13.8. The highest BCUT2D eigenvalue weighted by Gasteiger charge is 2.27. The Morgan fingerprint density at radius 2 is 1.68 bits per heavy atom. The molecule has 1 atom stereocenters. The molecule has 6 nitrogen and oxygen atoms in total. The average molecular weight is 309 g/mol. The largest absolute Gasteiger partial charge is 0.507 e.